The van der Waals surface area contributed by atoms with Crippen molar-refractivity contribution >= 4 is 11.9 Å². The maximum absolute atomic E-state index is 12.5. The van der Waals surface area contributed by atoms with Crippen molar-refractivity contribution in [3.63, 3.8) is 0 Å². The number of unbranched alkanes of at least 4 members (excludes halogenated alkanes) is 43. The van der Waals surface area contributed by atoms with Crippen LogP contribution in [-0.2, 0) is 14.3 Å². The van der Waals surface area contributed by atoms with Gasteiger partial charge < -0.3 is 20.3 Å². The Kier molecular flexibility index (Phi) is 55.0. The molecule has 0 rings (SSSR count). The molecule has 0 heterocycles. The number of hydrogen-bond acceptors (Lipinski definition) is 5. The van der Waals surface area contributed by atoms with Gasteiger partial charge in [0.25, 0.3) is 0 Å². The maximum atomic E-state index is 12.5. The van der Waals surface area contributed by atoms with E-state index in [0.717, 1.165) is 64.2 Å². The zero-order valence-electron chi connectivity index (χ0n) is 44.7. The van der Waals surface area contributed by atoms with E-state index in [1.54, 1.807) is 0 Å². The predicted octanol–water partition coefficient (Wildman–Crippen LogP) is 18.5. The molecule has 0 aliphatic rings. The Balaban J connectivity index is 3.45. The number of carbonyl (C=O) groups is 2. The lowest BCUT2D eigenvalue weighted by Crippen LogP contribution is -2.45. The number of nitrogens with one attached hydrogen (secondary N) is 1. The van der Waals surface area contributed by atoms with Crippen LogP contribution in [-0.4, -0.2) is 47.4 Å². The summed E-state index contributed by atoms with van der Waals surface area (Å²) in [5.41, 5.74) is 0. The fourth-order valence-electron chi connectivity index (χ4n) is 9.46. The summed E-state index contributed by atoms with van der Waals surface area (Å²) in [5.74, 6) is -0.0484. The number of carbonyl (C=O) groups excluding carboxylic acids is 2. The molecule has 392 valence electrons. The van der Waals surface area contributed by atoms with Gasteiger partial charge >= 0.3 is 5.97 Å². The Morgan fingerprint density at radius 2 is 0.712 bits per heavy atom. The highest BCUT2D eigenvalue weighted by atomic mass is 16.5. The van der Waals surface area contributed by atoms with Crippen LogP contribution in [0.5, 0.6) is 0 Å². The molecule has 0 aliphatic carbocycles. The topological polar surface area (TPSA) is 95.9 Å². The summed E-state index contributed by atoms with van der Waals surface area (Å²) in [6, 6.07) is -0.553. The summed E-state index contributed by atoms with van der Waals surface area (Å²) in [5, 5.41) is 23.3. The molecule has 6 heteroatoms. The number of aliphatic hydroxyl groups excluding tert-OH is 2. The Hall–Kier alpha value is -1.40. The fraction of sp³-hybridized carbons (Fsp3) is 0.933. The molecule has 0 radical (unpaired) electrons. The smallest absolute Gasteiger partial charge is 0.305 e. The molecule has 0 aromatic rings. The minimum atomic E-state index is -0.674. The lowest BCUT2D eigenvalue weighted by atomic mass is 10.0. The van der Waals surface area contributed by atoms with Crippen molar-refractivity contribution in [1.29, 1.82) is 0 Å². The number of hydrogen-bond donors (Lipinski definition) is 3. The number of esters is 1. The monoisotopic (exact) mass is 932 g/mol. The van der Waals surface area contributed by atoms with Gasteiger partial charge in [0.15, 0.2) is 0 Å². The van der Waals surface area contributed by atoms with Crippen molar-refractivity contribution in [3.05, 3.63) is 12.2 Å². The highest BCUT2D eigenvalue weighted by Gasteiger charge is 2.20. The molecule has 6 nitrogen and oxygen atoms in total. The molecule has 3 N–H and O–H groups in total. The Labute approximate surface area is 412 Å². The van der Waals surface area contributed by atoms with Crippen LogP contribution in [0.15, 0.2) is 12.2 Å². The van der Waals surface area contributed by atoms with E-state index >= 15 is 0 Å². The molecule has 0 aromatic carbocycles. The largest absolute Gasteiger partial charge is 0.466 e. The number of aliphatic hydroxyl groups is 2. The van der Waals surface area contributed by atoms with Gasteiger partial charge in [-0.05, 0) is 51.4 Å². The summed E-state index contributed by atoms with van der Waals surface area (Å²) in [4.78, 5) is 24.5. The number of allylic oxidation sites excluding steroid dienone is 2. The van der Waals surface area contributed by atoms with Gasteiger partial charge in [0.2, 0.25) is 5.91 Å². The first-order valence-corrected chi connectivity index (χ1v) is 29.9. The van der Waals surface area contributed by atoms with E-state index in [-0.39, 0.29) is 18.5 Å². The van der Waals surface area contributed by atoms with Crippen molar-refractivity contribution in [1.82, 2.24) is 5.32 Å². The Morgan fingerprint density at radius 1 is 0.409 bits per heavy atom. The summed E-state index contributed by atoms with van der Waals surface area (Å²) >= 11 is 0. The van der Waals surface area contributed by atoms with Gasteiger partial charge in [0.05, 0.1) is 25.4 Å². The van der Waals surface area contributed by atoms with Gasteiger partial charge in [0.1, 0.15) is 0 Å². The molecular formula is C60H117NO5. The van der Waals surface area contributed by atoms with Crippen LogP contribution in [0.3, 0.4) is 0 Å². The molecule has 0 spiro atoms. The van der Waals surface area contributed by atoms with Gasteiger partial charge in [-0.15, -0.1) is 0 Å². The van der Waals surface area contributed by atoms with E-state index in [0.29, 0.717) is 25.9 Å². The van der Waals surface area contributed by atoms with E-state index in [1.165, 1.54) is 238 Å². The quantitative estimate of drug-likeness (QED) is 0.0321. The van der Waals surface area contributed by atoms with Crippen LogP contribution in [0, 0.1) is 0 Å². The predicted molar refractivity (Wildman–Crippen MR) is 287 cm³/mol. The number of ether oxygens (including phenoxy) is 1. The summed E-state index contributed by atoms with van der Waals surface area (Å²) in [6.07, 6.45) is 66.3. The van der Waals surface area contributed by atoms with Gasteiger partial charge in [0, 0.05) is 12.8 Å². The van der Waals surface area contributed by atoms with Crippen LogP contribution in [0.4, 0.5) is 0 Å². The van der Waals surface area contributed by atoms with Crippen LogP contribution in [0.2, 0.25) is 0 Å². The van der Waals surface area contributed by atoms with Crippen molar-refractivity contribution in [2.75, 3.05) is 13.2 Å². The molecule has 1 amide bonds. The fourth-order valence-corrected chi connectivity index (χ4v) is 9.46. The second kappa shape index (κ2) is 56.2. The number of amides is 1. The zero-order valence-corrected chi connectivity index (χ0v) is 44.7. The number of rotatable bonds is 56. The van der Waals surface area contributed by atoms with Crippen LogP contribution < -0.4 is 5.32 Å². The van der Waals surface area contributed by atoms with Crippen LogP contribution in [0.25, 0.3) is 0 Å². The first-order valence-electron chi connectivity index (χ1n) is 29.9. The lowest BCUT2D eigenvalue weighted by molar-refractivity contribution is -0.143. The second-order valence-electron chi connectivity index (χ2n) is 20.7. The molecular weight excluding hydrogens is 815 g/mol. The first kappa shape index (κ1) is 64.6. The summed E-state index contributed by atoms with van der Waals surface area (Å²) in [6.45, 7) is 4.96. The average molecular weight is 933 g/mol. The summed E-state index contributed by atoms with van der Waals surface area (Å²) < 4.78 is 5.47. The average Bonchev–Trinajstić information content (AvgIpc) is 3.32. The standard InChI is InChI=1S/C60H117NO5/c1-3-5-7-9-11-13-15-17-19-20-21-22-25-28-32-36-40-44-48-52-58(63)57(56-62)61-59(64)53-49-45-41-37-33-29-26-23-24-27-31-35-39-43-47-51-55-66-60(65)54-50-46-42-38-34-30-18-16-14-12-10-8-6-4-2/h23,26,57-58,62-63H,3-22,24-25,27-56H2,1-2H3,(H,61,64)/b26-23-. The third kappa shape index (κ3) is 52.0. The lowest BCUT2D eigenvalue weighted by Gasteiger charge is -2.22. The zero-order chi connectivity index (χ0) is 47.9. The minimum Gasteiger partial charge on any atom is -0.466 e. The highest BCUT2D eigenvalue weighted by Crippen LogP contribution is 2.18. The van der Waals surface area contributed by atoms with Gasteiger partial charge in [-0.25, -0.2) is 0 Å². The van der Waals surface area contributed by atoms with E-state index in [2.05, 4.69) is 31.3 Å². The molecule has 0 bridgehead atoms. The van der Waals surface area contributed by atoms with Gasteiger partial charge in [-0.3, -0.25) is 9.59 Å². The van der Waals surface area contributed by atoms with Gasteiger partial charge in [-0.1, -0.05) is 283 Å². The molecule has 0 fully saturated rings. The van der Waals surface area contributed by atoms with E-state index in [1.807, 2.05) is 0 Å². The van der Waals surface area contributed by atoms with Gasteiger partial charge in [-0.2, -0.15) is 0 Å². The van der Waals surface area contributed by atoms with Crippen LogP contribution >= 0.6 is 0 Å². The van der Waals surface area contributed by atoms with Crippen molar-refractivity contribution < 1.29 is 24.5 Å². The molecule has 66 heavy (non-hydrogen) atoms. The van der Waals surface area contributed by atoms with Crippen molar-refractivity contribution in [3.8, 4) is 0 Å². The van der Waals surface area contributed by atoms with Crippen molar-refractivity contribution in [2.45, 2.75) is 347 Å². The summed E-state index contributed by atoms with van der Waals surface area (Å²) in [7, 11) is 0. The highest BCUT2D eigenvalue weighted by molar-refractivity contribution is 5.76. The molecule has 0 aliphatic heterocycles. The molecule has 0 saturated heterocycles. The minimum absolute atomic E-state index is 0.000283. The third-order valence-corrected chi connectivity index (χ3v) is 14.1. The van der Waals surface area contributed by atoms with E-state index in [4.69, 9.17) is 4.74 Å². The SMILES string of the molecule is CCCCCCCCCCCCCCCCCCCCCC(O)C(CO)NC(=O)CCCCCCC/C=C\CCCCCCCCCOC(=O)CCCCCCCCCCCCCCCC. The molecule has 2 atom stereocenters. The first-order chi connectivity index (χ1) is 32.5. The maximum Gasteiger partial charge on any atom is 0.305 e. The molecule has 0 saturated carbocycles. The normalized spacial score (nSPS) is 12.6. The van der Waals surface area contributed by atoms with Crippen LogP contribution in [0.1, 0.15) is 335 Å². The Morgan fingerprint density at radius 3 is 1.08 bits per heavy atom. The molecule has 2 unspecified atom stereocenters. The second-order valence-corrected chi connectivity index (χ2v) is 20.7. The van der Waals surface area contributed by atoms with Crippen molar-refractivity contribution in [2.24, 2.45) is 0 Å². The Bertz CT molecular complexity index is 986. The van der Waals surface area contributed by atoms with E-state index < -0.39 is 12.1 Å². The van der Waals surface area contributed by atoms with E-state index in [9.17, 15) is 19.8 Å². The third-order valence-electron chi connectivity index (χ3n) is 14.1. The molecule has 0 aromatic heterocycles.